The van der Waals surface area contributed by atoms with Crippen molar-refractivity contribution in [1.29, 1.82) is 0 Å². The number of amides is 1. The molecular weight excluding hydrogens is 266 g/mol. The van der Waals surface area contributed by atoms with Crippen molar-refractivity contribution in [2.24, 2.45) is 5.84 Å². The van der Waals surface area contributed by atoms with Gasteiger partial charge < -0.3 is 15.1 Å². The summed E-state index contributed by atoms with van der Waals surface area (Å²) < 4.78 is 5.19. The summed E-state index contributed by atoms with van der Waals surface area (Å²) in [7, 11) is 3.38. The van der Waals surface area contributed by atoms with Gasteiger partial charge in [0.25, 0.3) is 5.91 Å². The standard InChI is InChI=1S/C16H19N3O2/c1-19(11-12-6-5-7-13(10-12)21-2)16(20)14-8-3-4-9-15(14)18-17/h3-10,18H,11,17H2,1-2H3. The number of anilines is 1. The summed E-state index contributed by atoms with van der Waals surface area (Å²) in [5.74, 6) is 6.13. The highest BCUT2D eigenvalue weighted by molar-refractivity contribution is 5.99. The molecule has 0 radical (unpaired) electrons. The number of hydrogen-bond donors (Lipinski definition) is 2. The second-order valence-corrected chi connectivity index (χ2v) is 4.70. The molecule has 2 aromatic carbocycles. The van der Waals surface area contributed by atoms with E-state index in [1.807, 2.05) is 36.4 Å². The molecule has 0 saturated heterocycles. The molecule has 2 aromatic rings. The van der Waals surface area contributed by atoms with Crippen LogP contribution in [0.15, 0.2) is 48.5 Å². The average molecular weight is 285 g/mol. The maximum atomic E-state index is 12.5. The van der Waals surface area contributed by atoms with Gasteiger partial charge in [-0.25, -0.2) is 0 Å². The Labute approximate surface area is 124 Å². The molecule has 0 aliphatic heterocycles. The topological polar surface area (TPSA) is 67.6 Å². The van der Waals surface area contributed by atoms with E-state index in [-0.39, 0.29) is 5.91 Å². The number of nitrogen functional groups attached to an aromatic ring is 1. The molecule has 2 rings (SSSR count). The minimum Gasteiger partial charge on any atom is -0.497 e. The SMILES string of the molecule is COc1cccc(CN(C)C(=O)c2ccccc2NN)c1. The fraction of sp³-hybridized carbons (Fsp3) is 0.188. The number of para-hydroxylation sites is 1. The minimum atomic E-state index is -0.0913. The summed E-state index contributed by atoms with van der Waals surface area (Å²) in [6, 6.07) is 14.8. The van der Waals surface area contributed by atoms with E-state index in [1.165, 1.54) is 0 Å². The van der Waals surface area contributed by atoms with Gasteiger partial charge in [-0.1, -0.05) is 24.3 Å². The fourth-order valence-corrected chi connectivity index (χ4v) is 2.12. The predicted molar refractivity (Wildman–Crippen MR) is 83.0 cm³/mol. The van der Waals surface area contributed by atoms with Crippen LogP contribution in [-0.2, 0) is 6.54 Å². The molecule has 0 aliphatic carbocycles. The van der Waals surface area contributed by atoms with Gasteiger partial charge in [0, 0.05) is 13.6 Å². The highest BCUT2D eigenvalue weighted by Crippen LogP contribution is 2.18. The van der Waals surface area contributed by atoms with E-state index in [4.69, 9.17) is 10.6 Å². The zero-order valence-corrected chi connectivity index (χ0v) is 12.2. The van der Waals surface area contributed by atoms with Crippen LogP contribution in [0.1, 0.15) is 15.9 Å². The number of nitrogens with zero attached hydrogens (tertiary/aromatic N) is 1. The molecule has 0 fully saturated rings. The van der Waals surface area contributed by atoms with Gasteiger partial charge in [-0.2, -0.15) is 0 Å². The first-order chi connectivity index (χ1) is 10.2. The summed E-state index contributed by atoms with van der Waals surface area (Å²) >= 11 is 0. The molecule has 0 saturated carbocycles. The van der Waals surface area contributed by atoms with Gasteiger partial charge in [-0.15, -0.1) is 0 Å². The first-order valence-corrected chi connectivity index (χ1v) is 6.59. The van der Waals surface area contributed by atoms with E-state index < -0.39 is 0 Å². The van der Waals surface area contributed by atoms with Crippen LogP contribution in [0.5, 0.6) is 5.75 Å². The van der Waals surface area contributed by atoms with Crippen molar-refractivity contribution in [3.8, 4) is 5.75 Å². The quantitative estimate of drug-likeness (QED) is 0.653. The van der Waals surface area contributed by atoms with E-state index >= 15 is 0 Å². The Morgan fingerprint density at radius 2 is 2.00 bits per heavy atom. The number of nitrogens with two attached hydrogens (primary N) is 1. The average Bonchev–Trinajstić information content (AvgIpc) is 2.54. The third-order valence-electron chi connectivity index (χ3n) is 3.21. The predicted octanol–water partition coefficient (Wildman–Crippen LogP) is 2.25. The van der Waals surface area contributed by atoms with Gasteiger partial charge >= 0.3 is 0 Å². The van der Waals surface area contributed by atoms with Gasteiger partial charge in [-0.05, 0) is 29.8 Å². The monoisotopic (exact) mass is 285 g/mol. The number of ether oxygens (including phenoxy) is 1. The lowest BCUT2D eigenvalue weighted by Crippen LogP contribution is -2.27. The first-order valence-electron chi connectivity index (χ1n) is 6.59. The van der Waals surface area contributed by atoms with E-state index in [2.05, 4.69) is 5.43 Å². The number of benzene rings is 2. The van der Waals surface area contributed by atoms with Crippen LogP contribution in [-0.4, -0.2) is 25.0 Å². The van der Waals surface area contributed by atoms with Crippen LogP contribution in [0.2, 0.25) is 0 Å². The molecule has 0 aromatic heterocycles. The van der Waals surface area contributed by atoms with Crippen molar-refractivity contribution in [1.82, 2.24) is 4.90 Å². The maximum absolute atomic E-state index is 12.5. The Hall–Kier alpha value is -2.53. The molecule has 110 valence electrons. The Bertz CT molecular complexity index is 628. The molecule has 0 bridgehead atoms. The van der Waals surface area contributed by atoms with E-state index in [0.717, 1.165) is 11.3 Å². The molecule has 0 aliphatic rings. The highest BCUT2D eigenvalue weighted by atomic mass is 16.5. The van der Waals surface area contributed by atoms with Gasteiger partial charge in [-0.3, -0.25) is 10.6 Å². The second kappa shape index (κ2) is 6.76. The molecule has 0 heterocycles. The molecule has 1 amide bonds. The summed E-state index contributed by atoms with van der Waals surface area (Å²) in [5, 5.41) is 0. The van der Waals surface area contributed by atoms with Crippen LogP contribution >= 0.6 is 0 Å². The number of carbonyl (C=O) groups is 1. The zero-order chi connectivity index (χ0) is 15.2. The van der Waals surface area contributed by atoms with Crippen molar-refractivity contribution < 1.29 is 9.53 Å². The Balaban J connectivity index is 2.15. The Morgan fingerprint density at radius 3 is 2.71 bits per heavy atom. The maximum Gasteiger partial charge on any atom is 0.256 e. The van der Waals surface area contributed by atoms with Crippen LogP contribution < -0.4 is 16.0 Å². The smallest absolute Gasteiger partial charge is 0.256 e. The lowest BCUT2D eigenvalue weighted by Gasteiger charge is -2.19. The Kier molecular flexibility index (Phi) is 4.79. The lowest BCUT2D eigenvalue weighted by molar-refractivity contribution is 0.0786. The number of nitrogens with one attached hydrogen (secondary N) is 1. The van der Waals surface area contributed by atoms with Gasteiger partial charge in [0.05, 0.1) is 18.4 Å². The number of methoxy groups -OCH3 is 1. The van der Waals surface area contributed by atoms with Crippen LogP contribution in [0.4, 0.5) is 5.69 Å². The van der Waals surface area contributed by atoms with Crippen molar-refractivity contribution >= 4 is 11.6 Å². The van der Waals surface area contributed by atoms with E-state index in [9.17, 15) is 4.79 Å². The van der Waals surface area contributed by atoms with E-state index in [1.54, 1.807) is 31.2 Å². The lowest BCUT2D eigenvalue weighted by atomic mass is 10.1. The van der Waals surface area contributed by atoms with Crippen LogP contribution in [0.25, 0.3) is 0 Å². The van der Waals surface area contributed by atoms with Crippen molar-refractivity contribution in [2.75, 3.05) is 19.6 Å². The molecule has 0 atom stereocenters. The van der Waals surface area contributed by atoms with Crippen LogP contribution in [0, 0.1) is 0 Å². The van der Waals surface area contributed by atoms with Gasteiger partial charge in [0.2, 0.25) is 0 Å². The molecule has 21 heavy (non-hydrogen) atoms. The van der Waals surface area contributed by atoms with Gasteiger partial charge in [0.15, 0.2) is 0 Å². The second-order valence-electron chi connectivity index (χ2n) is 4.70. The largest absolute Gasteiger partial charge is 0.497 e. The fourth-order valence-electron chi connectivity index (χ4n) is 2.12. The molecule has 0 unspecified atom stereocenters. The number of hydrazine groups is 1. The summed E-state index contributed by atoms with van der Waals surface area (Å²) in [6.45, 7) is 0.495. The van der Waals surface area contributed by atoms with Gasteiger partial charge in [0.1, 0.15) is 5.75 Å². The summed E-state index contributed by atoms with van der Waals surface area (Å²) in [5.41, 5.74) is 4.71. The Morgan fingerprint density at radius 1 is 1.24 bits per heavy atom. The molecule has 3 N–H and O–H groups in total. The summed E-state index contributed by atoms with van der Waals surface area (Å²) in [6.07, 6.45) is 0. The zero-order valence-electron chi connectivity index (χ0n) is 12.2. The van der Waals surface area contributed by atoms with E-state index in [0.29, 0.717) is 17.8 Å². The first kappa shape index (κ1) is 14.9. The highest BCUT2D eigenvalue weighted by Gasteiger charge is 2.15. The molecule has 5 nitrogen and oxygen atoms in total. The number of hydrogen-bond acceptors (Lipinski definition) is 4. The minimum absolute atomic E-state index is 0.0913. The van der Waals surface area contributed by atoms with Crippen molar-refractivity contribution in [2.45, 2.75) is 6.54 Å². The van der Waals surface area contributed by atoms with Crippen molar-refractivity contribution in [3.05, 3.63) is 59.7 Å². The molecule has 0 spiro atoms. The van der Waals surface area contributed by atoms with Crippen molar-refractivity contribution in [3.63, 3.8) is 0 Å². The molecule has 5 heteroatoms. The third-order valence-corrected chi connectivity index (χ3v) is 3.21. The third kappa shape index (κ3) is 3.52. The normalized spacial score (nSPS) is 10.0. The summed E-state index contributed by atoms with van der Waals surface area (Å²) in [4.78, 5) is 14.1. The number of carbonyl (C=O) groups excluding carboxylic acids is 1. The number of rotatable bonds is 5. The molecular formula is C16H19N3O2. The van der Waals surface area contributed by atoms with Crippen LogP contribution in [0.3, 0.4) is 0 Å².